The molecule has 18 heavy (non-hydrogen) atoms. The molecule has 1 unspecified atom stereocenters. The van der Waals surface area contributed by atoms with Crippen molar-refractivity contribution in [1.29, 1.82) is 0 Å². The van der Waals surface area contributed by atoms with Crippen LogP contribution in [0.1, 0.15) is 38.8 Å². The van der Waals surface area contributed by atoms with Gasteiger partial charge in [-0.3, -0.25) is 16.3 Å². The zero-order valence-electron chi connectivity index (χ0n) is 11.3. The maximum Gasteiger partial charge on any atom is 0.0705 e. The van der Waals surface area contributed by atoms with Crippen molar-refractivity contribution >= 4 is 10.9 Å². The minimum absolute atomic E-state index is 0.108. The maximum absolute atomic E-state index is 5.74. The lowest BCUT2D eigenvalue weighted by molar-refractivity contribution is 0.236. The third kappa shape index (κ3) is 2.37. The molecular formula is C15H21N3. The predicted molar refractivity (Wildman–Crippen MR) is 75.9 cm³/mol. The van der Waals surface area contributed by atoms with Crippen LogP contribution in [0.5, 0.6) is 0 Å². The Bertz CT molecular complexity index is 534. The molecule has 0 aliphatic heterocycles. The number of fused-ring (bicyclic) bond motifs is 1. The second kappa shape index (κ2) is 5.04. The van der Waals surface area contributed by atoms with E-state index in [1.54, 1.807) is 0 Å². The van der Waals surface area contributed by atoms with Crippen LogP contribution in [0.15, 0.2) is 36.5 Å². The monoisotopic (exact) mass is 243 g/mol. The molecule has 0 fully saturated rings. The summed E-state index contributed by atoms with van der Waals surface area (Å²) in [5, 5.41) is 1.16. The summed E-state index contributed by atoms with van der Waals surface area (Å²) in [6, 6.07) is 10.5. The van der Waals surface area contributed by atoms with Crippen molar-refractivity contribution in [3.63, 3.8) is 0 Å². The van der Waals surface area contributed by atoms with Crippen molar-refractivity contribution in [2.75, 3.05) is 0 Å². The van der Waals surface area contributed by atoms with E-state index >= 15 is 0 Å². The van der Waals surface area contributed by atoms with Crippen LogP contribution >= 0.6 is 0 Å². The molecule has 0 saturated carbocycles. The minimum Gasteiger partial charge on any atom is -0.271 e. The Kier molecular flexibility index (Phi) is 3.64. The van der Waals surface area contributed by atoms with Crippen LogP contribution in [0.3, 0.4) is 0 Å². The van der Waals surface area contributed by atoms with Gasteiger partial charge in [0.25, 0.3) is 0 Å². The summed E-state index contributed by atoms with van der Waals surface area (Å²) in [5.74, 6) is 5.74. The van der Waals surface area contributed by atoms with Gasteiger partial charge in [0.2, 0.25) is 0 Å². The summed E-state index contributed by atoms with van der Waals surface area (Å²) in [6.45, 7) is 6.63. The van der Waals surface area contributed by atoms with E-state index in [2.05, 4.69) is 55.4 Å². The first-order chi connectivity index (χ1) is 8.58. The van der Waals surface area contributed by atoms with E-state index < -0.39 is 0 Å². The van der Waals surface area contributed by atoms with Crippen molar-refractivity contribution < 1.29 is 0 Å². The fraction of sp³-hybridized carbons (Fsp3) is 0.400. The van der Waals surface area contributed by atoms with Gasteiger partial charge in [-0.2, -0.15) is 0 Å². The summed E-state index contributed by atoms with van der Waals surface area (Å²) in [4.78, 5) is 4.40. The van der Waals surface area contributed by atoms with Crippen LogP contribution < -0.4 is 11.3 Å². The number of hydrazine groups is 1. The summed E-state index contributed by atoms with van der Waals surface area (Å²) >= 11 is 0. The lowest BCUT2D eigenvalue weighted by Crippen LogP contribution is -2.38. The van der Waals surface area contributed by atoms with Gasteiger partial charge in [0.15, 0.2) is 0 Å². The van der Waals surface area contributed by atoms with E-state index in [0.717, 1.165) is 17.3 Å². The molecular weight excluding hydrogens is 222 g/mol. The first kappa shape index (κ1) is 13.0. The molecule has 0 aliphatic carbocycles. The number of aromatic nitrogens is 1. The second-order valence-corrected chi connectivity index (χ2v) is 5.40. The summed E-state index contributed by atoms with van der Waals surface area (Å²) in [5.41, 5.74) is 5.26. The Morgan fingerprint density at radius 3 is 2.78 bits per heavy atom. The highest BCUT2D eigenvalue weighted by Crippen LogP contribution is 2.36. The van der Waals surface area contributed by atoms with E-state index in [-0.39, 0.29) is 11.5 Å². The van der Waals surface area contributed by atoms with E-state index in [1.807, 2.05) is 12.3 Å². The number of pyridine rings is 1. The number of nitrogens with zero attached hydrogens (tertiary/aromatic N) is 1. The van der Waals surface area contributed by atoms with Gasteiger partial charge in [-0.15, -0.1) is 0 Å². The third-order valence-electron chi connectivity index (χ3n) is 3.82. The number of benzene rings is 1. The van der Waals surface area contributed by atoms with Gasteiger partial charge < -0.3 is 0 Å². The van der Waals surface area contributed by atoms with Gasteiger partial charge in [0, 0.05) is 11.6 Å². The number of nitrogens with two attached hydrogens (primary N) is 1. The molecule has 0 saturated heterocycles. The molecule has 3 N–H and O–H groups in total. The largest absolute Gasteiger partial charge is 0.271 e. The number of rotatable bonds is 4. The van der Waals surface area contributed by atoms with E-state index in [9.17, 15) is 0 Å². The highest BCUT2D eigenvalue weighted by atomic mass is 15.2. The smallest absolute Gasteiger partial charge is 0.0705 e. The first-order valence-corrected chi connectivity index (χ1v) is 6.39. The topological polar surface area (TPSA) is 50.9 Å². The van der Waals surface area contributed by atoms with Crippen LogP contribution in [0.2, 0.25) is 0 Å². The highest BCUT2D eigenvalue weighted by molar-refractivity contribution is 5.79. The zero-order valence-corrected chi connectivity index (χ0v) is 11.3. The van der Waals surface area contributed by atoms with E-state index in [1.165, 1.54) is 5.56 Å². The van der Waals surface area contributed by atoms with Crippen molar-refractivity contribution in [3.8, 4) is 0 Å². The Morgan fingerprint density at radius 2 is 2.11 bits per heavy atom. The van der Waals surface area contributed by atoms with Crippen molar-refractivity contribution in [2.45, 2.75) is 33.2 Å². The molecule has 3 nitrogen and oxygen atoms in total. The molecule has 2 rings (SSSR count). The quantitative estimate of drug-likeness (QED) is 0.640. The number of hydrogen-bond acceptors (Lipinski definition) is 3. The first-order valence-electron chi connectivity index (χ1n) is 6.39. The second-order valence-electron chi connectivity index (χ2n) is 5.40. The molecule has 3 heteroatoms. The minimum atomic E-state index is 0.108. The van der Waals surface area contributed by atoms with E-state index in [4.69, 9.17) is 5.84 Å². The van der Waals surface area contributed by atoms with Crippen molar-refractivity contribution in [1.82, 2.24) is 10.4 Å². The fourth-order valence-corrected chi connectivity index (χ4v) is 2.24. The molecule has 0 radical (unpaired) electrons. The van der Waals surface area contributed by atoms with Crippen LogP contribution in [0, 0.1) is 5.41 Å². The standard InChI is InChI=1S/C15H21N3/c1-4-15(2,3)14(18-16)12-8-7-11-6-5-9-17-13(11)10-12/h5-10,14,18H,4,16H2,1-3H3. The Balaban J connectivity index is 2.46. The lowest BCUT2D eigenvalue weighted by Gasteiger charge is -2.33. The molecule has 1 heterocycles. The van der Waals surface area contributed by atoms with Gasteiger partial charge in [-0.1, -0.05) is 39.0 Å². The van der Waals surface area contributed by atoms with Crippen molar-refractivity contribution in [3.05, 3.63) is 42.1 Å². The molecule has 0 amide bonds. The summed E-state index contributed by atoms with van der Waals surface area (Å²) in [7, 11) is 0. The molecule has 1 aromatic carbocycles. The van der Waals surface area contributed by atoms with Crippen LogP contribution in [-0.2, 0) is 0 Å². The lowest BCUT2D eigenvalue weighted by atomic mass is 9.78. The fourth-order valence-electron chi connectivity index (χ4n) is 2.24. The molecule has 96 valence electrons. The molecule has 2 aromatic rings. The highest BCUT2D eigenvalue weighted by Gasteiger charge is 2.28. The molecule has 1 aromatic heterocycles. The summed E-state index contributed by atoms with van der Waals surface area (Å²) in [6.07, 6.45) is 2.88. The average Bonchev–Trinajstić information content (AvgIpc) is 2.39. The van der Waals surface area contributed by atoms with Gasteiger partial charge in [-0.25, -0.2) is 0 Å². The Labute approximate surface area is 108 Å². The number of hydrogen-bond donors (Lipinski definition) is 2. The van der Waals surface area contributed by atoms with Gasteiger partial charge in [0.05, 0.1) is 11.6 Å². The van der Waals surface area contributed by atoms with Crippen molar-refractivity contribution in [2.24, 2.45) is 11.3 Å². The van der Waals surface area contributed by atoms with Gasteiger partial charge >= 0.3 is 0 Å². The molecule has 0 aliphatic rings. The normalized spacial score (nSPS) is 13.8. The molecule has 0 bridgehead atoms. The van der Waals surface area contributed by atoms with Crippen LogP contribution in [0.25, 0.3) is 10.9 Å². The Hall–Kier alpha value is -1.45. The Morgan fingerprint density at radius 1 is 1.33 bits per heavy atom. The average molecular weight is 243 g/mol. The molecule has 1 atom stereocenters. The predicted octanol–water partition coefficient (Wildman–Crippen LogP) is 3.18. The van der Waals surface area contributed by atoms with Crippen LogP contribution in [-0.4, -0.2) is 4.98 Å². The zero-order chi connectivity index (χ0) is 13.2. The van der Waals surface area contributed by atoms with Gasteiger partial charge in [-0.05, 0) is 29.5 Å². The SMILES string of the molecule is CCC(C)(C)C(NN)c1ccc2cccnc2c1. The maximum atomic E-state index is 5.74. The van der Waals surface area contributed by atoms with Crippen LogP contribution in [0.4, 0.5) is 0 Å². The van der Waals surface area contributed by atoms with E-state index in [0.29, 0.717) is 0 Å². The van der Waals surface area contributed by atoms with Gasteiger partial charge in [0.1, 0.15) is 0 Å². The third-order valence-corrected chi connectivity index (χ3v) is 3.82. The molecule has 0 spiro atoms. The summed E-state index contributed by atoms with van der Waals surface area (Å²) < 4.78 is 0. The number of nitrogens with one attached hydrogen (secondary N) is 1.